The van der Waals surface area contributed by atoms with Crippen molar-refractivity contribution < 1.29 is 23.8 Å². The first-order valence-electron chi connectivity index (χ1n) is 9.18. The van der Waals surface area contributed by atoms with Gasteiger partial charge >= 0.3 is 0 Å². The number of ketones is 1. The van der Waals surface area contributed by atoms with Crippen LogP contribution in [0, 0.1) is 28.1 Å². The van der Waals surface area contributed by atoms with Gasteiger partial charge in [-0.2, -0.15) is 5.26 Å². The molecule has 0 radical (unpaired) electrons. The first-order valence-corrected chi connectivity index (χ1v) is 9.18. The van der Waals surface area contributed by atoms with Crippen molar-refractivity contribution in [3.63, 3.8) is 0 Å². The molecule has 8 heteroatoms. The Hall–Kier alpha value is -3.34. The summed E-state index contributed by atoms with van der Waals surface area (Å²) < 4.78 is 16.3. The fourth-order valence-electron chi connectivity index (χ4n) is 3.87. The Bertz CT molecular complexity index is 958. The third-order valence-corrected chi connectivity index (χ3v) is 5.09. The van der Waals surface area contributed by atoms with Crippen LogP contribution in [-0.2, 0) is 14.3 Å². The number of carbonyl (C=O) groups excluding carboxylic acids is 2. The molecule has 1 amide bonds. The Morgan fingerprint density at radius 2 is 2.10 bits per heavy atom. The number of hydrogen-bond donors (Lipinski definition) is 2. The molecule has 2 unspecified atom stereocenters. The van der Waals surface area contributed by atoms with E-state index >= 15 is 0 Å². The number of Topliss-reactive ketones (excluding diaryl/α,β-unsaturated/α-hetero) is 1. The largest absolute Gasteiger partial charge is 0.493 e. The number of amides is 1. The monoisotopic (exact) mass is 397 g/mol. The van der Waals surface area contributed by atoms with Gasteiger partial charge in [0.15, 0.2) is 23.9 Å². The molecule has 1 aliphatic carbocycles. The Labute approximate surface area is 168 Å². The zero-order valence-electron chi connectivity index (χ0n) is 16.6. The van der Waals surface area contributed by atoms with Gasteiger partial charge in [0.1, 0.15) is 11.7 Å². The number of benzene rings is 1. The van der Waals surface area contributed by atoms with Gasteiger partial charge < -0.3 is 19.9 Å². The average Bonchev–Trinajstić information content (AvgIpc) is 2.64. The first-order chi connectivity index (χ1) is 13.7. The van der Waals surface area contributed by atoms with Gasteiger partial charge in [-0.1, -0.05) is 19.9 Å². The van der Waals surface area contributed by atoms with Crippen LogP contribution in [0.3, 0.4) is 0 Å². The van der Waals surface area contributed by atoms with E-state index in [9.17, 15) is 14.9 Å². The summed E-state index contributed by atoms with van der Waals surface area (Å²) in [5, 5.41) is 17.9. The maximum absolute atomic E-state index is 13.0. The summed E-state index contributed by atoms with van der Waals surface area (Å²) >= 11 is 0. The predicted molar refractivity (Wildman–Crippen MR) is 103 cm³/mol. The second kappa shape index (κ2) is 7.59. The molecule has 0 bridgehead atoms. The van der Waals surface area contributed by atoms with Gasteiger partial charge in [0, 0.05) is 24.3 Å². The van der Waals surface area contributed by atoms with Gasteiger partial charge in [-0.3, -0.25) is 15.0 Å². The van der Waals surface area contributed by atoms with E-state index in [2.05, 4.69) is 6.07 Å². The number of ether oxygens (including phenoxy) is 3. The molecule has 0 saturated carbocycles. The van der Waals surface area contributed by atoms with Crippen LogP contribution >= 0.6 is 0 Å². The van der Waals surface area contributed by atoms with Crippen LogP contribution in [-0.4, -0.2) is 31.3 Å². The number of nitriles is 1. The average molecular weight is 397 g/mol. The Morgan fingerprint density at radius 3 is 2.72 bits per heavy atom. The van der Waals surface area contributed by atoms with E-state index in [1.807, 2.05) is 13.8 Å². The second-order valence-corrected chi connectivity index (χ2v) is 7.99. The Balaban J connectivity index is 2.08. The zero-order chi connectivity index (χ0) is 21.3. The predicted octanol–water partition coefficient (Wildman–Crippen LogP) is 2.43. The molecule has 0 aromatic heterocycles. The van der Waals surface area contributed by atoms with Crippen molar-refractivity contribution in [1.82, 2.24) is 0 Å². The summed E-state index contributed by atoms with van der Waals surface area (Å²) in [5.41, 5.74) is 5.92. The lowest BCUT2D eigenvalue weighted by Gasteiger charge is -2.39. The number of allylic oxidation sites excluding steroid dienone is 2. The molecule has 1 heterocycles. The second-order valence-electron chi connectivity index (χ2n) is 7.99. The van der Waals surface area contributed by atoms with Gasteiger partial charge in [0.25, 0.3) is 5.91 Å². The smallest absolute Gasteiger partial charge is 0.255 e. The topological polar surface area (TPSA) is 135 Å². The number of nitrogens with two attached hydrogens (primary N) is 1. The summed E-state index contributed by atoms with van der Waals surface area (Å²) in [7, 11) is 1.45. The highest BCUT2D eigenvalue weighted by Gasteiger charge is 2.46. The Morgan fingerprint density at radius 1 is 1.38 bits per heavy atom. The molecule has 3 N–H and O–H groups in total. The zero-order valence-corrected chi connectivity index (χ0v) is 16.6. The van der Waals surface area contributed by atoms with E-state index in [0.29, 0.717) is 41.2 Å². The maximum atomic E-state index is 13.0. The third-order valence-electron chi connectivity index (χ3n) is 5.09. The molecule has 1 aromatic carbocycles. The highest BCUT2D eigenvalue weighted by atomic mass is 16.5. The minimum Gasteiger partial charge on any atom is -0.493 e. The van der Waals surface area contributed by atoms with Crippen molar-refractivity contribution in [3.8, 4) is 17.6 Å². The van der Waals surface area contributed by atoms with E-state index in [1.165, 1.54) is 7.11 Å². The molecule has 0 spiro atoms. The first kappa shape index (κ1) is 20.4. The molecule has 1 aliphatic heterocycles. The number of primary amides is 1. The molecule has 2 aliphatic rings. The normalized spacial score (nSPS) is 23.0. The van der Waals surface area contributed by atoms with Crippen molar-refractivity contribution in [1.29, 1.82) is 10.7 Å². The van der Waals surface area contributed by atoms with Gasteiger partial charge in [0.2, 0.25) is 5.90 Å². The van der Waals surface area contributed by atoms with Crippen molar-refractivity contribution in [2.24, 2.45) is 17.1 Å². The molecular formula is C21H23N3O5. The van der Waals surface area contributed by atoms with E-state index in [1.54, 1.807) is 18.2 Å². The Kier molecular flexibility index (Phi) is 5.33. The number of nitrogens with one attached hydrogen (secondary N) is 1. The standard InChI is InChI=1S/C21H23N3O5/c1-21(2)7-13(25)19-16(8-21)29-20(24)12(9-22)18(19)11-4-5-14(15(6-11)27-3)28-10-17(23)26/h4-6,12,18,24H,7-8,10H2,1-3H3,(H2,23,26). The fourth-order valence-corrected chi connectivity index (χ4v) is 3.87. The van der Waals surface area contributed by atoms with Crippen molar-refractivity contribution in [2.45, 2.75) is 32.6 Å². The van der Waals surface area contributed by atoms with Gasteiger partial charge in [0.05, 0.1) is 13.2 Å². The minimum atomic E-state index is -0.930. The lowest BCUT2D eigenvalue weighted by molar-refractivity contribution is -0.120. The van der Waals surface area contributed by atoms with E-state index < -0.39 is 17.7 Å². The lowest BCUT2D eigenvalue weighted by Crippen LogP contribution is -2.38. The maximum Gasteiger partial charge on any atom is 0.255 e. The van der Waals surface area contributed by atoms with Gasteiger partial charge in [-0.25, -0.2) is 0 Å². The third kappa shape index (κ3) is 3.94. The molecular weight excluding hydrogens is 374 g/mol. The molecule has 0 saturated heterocycles. The van der Waals surface area contributed by atoms with E-state index in [0.717, 1.165) is 0 Å². The molecule has 1 aromatic rings. The highest BCUT2D eigenvalue weighted by molar-refractivity contribution is 6.01. The summed E-state index contributed by atoms with van der Waals surface area (Å²) in [5.74, 6) is -1.33. The summed E-state index contributed by atoms with van der Waals surface area (Å²) in [4.78, 5) is 24.0. The minimum absolute atomic E-state index is 0.0815. The summed E-state index contributed by atoms with van der Waals surface area (Å²) in [6.45, 7) is 3.64. The van der Waals surface area contributed by atoms with Crippen molar-refractivity contribution in [2.75, 3.05) is 13.7 Å². The molecule has 152 valence electrons. The molecule has 2 atom stereocenters. The molecule has 3 rings (SSSR count). The quantitative estimate of drug-likeness (QED) is 0.783. The number of rotatable bonds is 5. The number of hydrogen-bond acceptors (Lipinski definition) is 7. The van der Waals surface area contributed by atoms with Gasteiger partial charge in [-0.15, -0.1) is 0 Å². The van der Waals surface area contributed by atoms with E-state index in [-0.39, 0.29) is 23.7 Å². The summed E-state index contributed by atoms with van der Waals surface area (Å²) in [6.07, 6.45) is 0.857. The van der Waals surface area contributed by atoms with Crippen LogP contribution in [0.1, 0.15) is 38.2 Å². The number of methoxy groups -OCH3 is 1. The molecule has 29 heavy (non-hydrogen) atoms. The lowest BCUT2D eigenvalue weighted by atomic mass is 9.68. The van der Waals surface area contributed by atoms with Crippen LogP contribution in [0.25, 0.3) is 0 Å². The van der Waals surface area contributed by atoms with Gasteiger partial charge in [-0.05, 0) is 23.1 Å². The van der Waals surface area contributed by atoms with Crippen LogP contribution in [0.15, 0.2) is 29.5 Å². The van der Waals surface area contributed by atoms with Crippen LogP contribution < -0.4 is 15.2 Å². The molecule has 0 fully saturated rings. The molecule has 8 nitrogen and oxygen atoms in total. The van der Waals surface area contributed by atoms with Crippen molar-refractivity contribution in [3.05, 3.63) is 35.1 Å². The summed E-state index contributed by atoms with van der Waals surface area (Å²) in [6, 6.07) is 7.05. The van der Waals surface area contributed by atoms with E-state index in [4.69, 9.17) is 25.4 Å². The van der Waals surface area contributed by atoms with Crippen LogP contribution in [0.4, 0.5) is 0 Å². The fraction of sp³-hybridized carbons (Fsp3) is 0.429. The van der Waals surface area contributed by atoms with Crippen molar-refractivity contribution >= 4 is 17.6 Å². The van der Waals surface area contributed by atoms with Crippen LogP contribution in [0.5, 0.6) is 11.5 Å². The number of carbonyl (C=O) groups is 2. The SMILES string of the molecule is COc1cc(C2C3=C(CC(C)(C)CC3=O)OC(=N)C2C#N)ccc1OCC(N)=O. The number of nitrogens with zero attached hydrogens (tertiary/aromatic N) is 1. The highest BCUT2D eigenvalue weighted by Crippen LogP contribution is 2.48. The van der Waals surface area contributed by atoms with Crippen LogP contribution in [0.2, 0.25) is 0 Å².